The van der Waals surface area contributed by atoms with E-state index in [-0.39, 0.29) is 32.0 Å². The molecular formula is C88H150NO8P. The molecule has 0 fully saturated rings. The highest BCUT2D eigenvalue weighted by Crippen LogP contribution is 2.38. The molecule has 0 saturated carbocycles. The number of likely N-dealkylation sites (N-methyl/N-ethyl adjacent to an activating group) is 1. The van der Waals surface area contributed by atoms with Crippen molar-refractivity contribution in [1.82, 2.24) is 0 Å². The summed E-state index contributed by atoms with van der Waals surface area (Å²) in [7, 11) is 1.16. The fraction of sp³-hybridized carbons (Fsp3) is 0.682. The summed E-state index contributed by atoms with van der Waals surface area (Å²) in [6.45, 7) is 4.03. The standard InChI is InChI=1S/C88H150NO8P/c1-6-8-10-12-14-16-18-20-22-24-26-28-30-32-34-36-38-40-42-44-46-48-50-52-54-56-58-60-62-64-66-68-70-72-74-76-78-80-87(90)94-84-86(85-96-98(92,93)95-83-82-89(3,4)5)97-88(91)81-79-77-75-73-71-69-67-65-63-61-59-57-55-53-51-49-47-45-43-41-39-37-35-33-31-29-27-25-23-21-19-17-15-13-11-9-7-2/h8-11,14-17,20-23,26-29,32-35,39,41,45,47,51,53,86H,6-7,12-13,18-19,24-25,30-31,36-38,40,42-44,46,48-50,52,54-85H2,1-5H3/b10-8-,11-9-,16-14-,17-15-,22-20-,23-21-,28-26-,29-27-,34-32-,35-33-,41-39-,47-45-,53-51-. The summed E-state index contributed by atoms with van der Waals surface area (Å²) in [4.78, 5) is 38.2. The first-order valence-electron chi connectivity index (χ1n) is 40.2. The molecule has 0 saturated heterocycles. The van der Waals surface area contributed by atoms with Crippen LogP contribution < -0.4 is 4.89 Å². The molecule has 2 unspecified atom stereocenters. The Morgan fingerprint density at radius 3 is 0.816 bits per heavy atom. The zero-order valence-corrected chi connectivity index (χ0v) is 64.8. The number of rotatable bonds is 73. The molecule has 0 heterocycles. The van der Waals surface area contributed by atoms with E-state index in [1.165, 1.54) is 180 Å². The van der Waals surface area contributed by atoms with Gasteiger partial charge in [0, 0.05) is 12.8 Å². The van der Waals surface area contributed by atoms with Crippen molar-refractivity contribution in [3.05, 3.63) is 158 Å². The number of phosphoric ester groups is 1. The second-order valence-corrected chi connectivity index (χ2v) is 29.1. The van der Waals surface area contributed by atoms with Gasteiger partial charge in [0.25, 0.3) is 7.82 Å². The average Bonchev–Trinajstić information content (AvgIpc) is 1.08. The van der Waals surface area contributed by atoms with Crippen LogP contribution in [0.15, 0.2) is 158 Å². The molecule has 0 aromatic carbocycles. The van der Waals surface area contributed by atoms with Crippen LogP contribution in [0.1, 0.15) is 335 Å². The Bertz CT molecular complexity index is 2220. The monoisotopic (exact) mass is 1380 g/mol. The molecular weight excluding hydrogens is 1230 g/mol. The van der Waals surface area contributed by atoms with Crippen molar-refractivity contribution in [2.75, 3.05) is 47.5 Å². The molecule has 0 rings (SSSR count). The van der Waals surface area contributed by atoms with Gasteiger partial charge in [0.05, 0.1) is 27.7 Å². The van der Waals surface area contributed by atoms with Crippen LogP contribution in [-0.4, -0.2) is 70.0 Å². The minimum Gasteiger partial charge on any atom is -0.756 e. The van der Waals surface area contributed by atoms with Gasteiger partial charge in [0.15, 0.2) is 6.10 Å². The number of carbonyl (C=O) groups is 2. The molecule has 0 aromatic heterocycles. The molecule has 2 atom stereocenters. The summed E-state index contributed by atoms with van der Waals surface area (Å²) in [5.41, 5.74) is 0. The quantitative estimate of drug-likeness (QED) is 0.0195. The third kappa shape index (κ3) is 80.6. The van der Waals surface area contributed by atoms with Crippen molar-refractivity contribution >= 4 is 19.8 Å². The van der Waals surface area contributed by atoms with Crippen molar-refractivity contribution < 1.29 is 42.1 Å². The zero-order chi connectivity index (χ0) is 71.1. The Morgan fingerprint density at radius 2 is 0.551 bits per heavy atom. The van der Waals surface area contributed by atoms with Crippen LogP contribution in [0.4, 0.5) is 0 Å². The van der Waals surface area contributed by atoms with Crippen LogP contribution >= 0.6 is 7.82 Å². The molecule has 560 valence electrons. The van der Waals surface area contributed by atoms with E-state index in [1.54, 1.807) is 0 Å². The van der Waals surface area contributed by atoms with Gasteiger partial charge in [-0.15, -0.1) is 0 Å². The van der Waals surface area contributed by atoms with Crippen molar-refractivity contribution in [3.8, 4) is 0 Å². The number of hydrogen-bond donors (Lipinski definition) is 0. The maximum atomic E-state index is 12.9. The molecule has 0 aliphatic rings. The van der Waals surface area contributed by atoms with Gasteiger partial charge in [-0.25, -0.2) is 0 Å². The molecule has 0 spiro atoms. The first-order chi connectivity index (χ1) is 48.0. The summed E-state index contributed by atoms with van der Waals surface area (Å²) in [6, 6.07) is 0. The number of hydrogen-bond acceptors (Lipinski definition) is 8. The number of carbonyl (C=O) groups excluding carboxylic acids is 2. The molecule has 10 heteroatoms. The fourth-order valence-electron chi connectivity index (χ4n) is 11.0. The van der Waals surface area contributed by atoms with Crippen LogP contribution in [0.25, 0.3) is 0 Å². The summed E-state index contributed by atoms with van der Waals surface area (Å²) in [5.74, 6) is -0.830. The number of unbranched alkanes of at least 4 members (excludes halogenated alkanes) is 33. The maximum absolute atomic E-state index is 12.9. The minimum atomic E-state index is -4.65. The van der Waals surface area contributed by atoms with E-state index in [0.29, 0.717) is 17.4 Å². The number of esters is 2. The van der Waals surface area contributed by atoms with E-state index in [2.05, 4.69) is 172 Å². The number of ether oxygens (including phenoxy) is 2. The molecule has 0 bridgehead atoms. The number of nitrogens with zero attached hydrogens (tertiary/aromatic N) is 1. The number of allylic oxidation sites excluding steroid dienone is 26. The van der Waals surface area contributed by atoms with Gasteiger partial charge in [0.2, 0.25) is 0 Å². The Balaban J connectivity index is 3.99. The van der Waals surface area contributed by atoms with Gasteiger partial charge in [0.1, 0.15) is 19.8 Å². The topological polar surface area (TPSA) is 111 Å². The van der Waals surface area contributed by atoms with Crippen molar-refractivity contribution in [2.24, 2.45) is 0 Å². The summed E-state index contributed by atoms with van der Waals surface area (Å²) >= 11 is 0. The third-order valence-corrected chi connectivity index (χ3v) is 18.0. The lowest BCUT2D eigenvalue weighted by molar-refractivity contribution is -0.870. The van der Waals surface area contributed by atoms with Gasteiger partial charge in [-0.05, 0) is 122 Å². The number of phosphoric acid groups is 1. The highest BCUT2D eigenvalue weighted by Gasteiger charge is 2.22. The van der Waals surface area contributed by atoms with E-state index >= 15 is 0 Å². The second-order valence-electron chi connectivity index (χ2n) is 27.7. The fourth-order valence-corrected chi connectivity index (χ4v) is 11.7. The van der Waals surface area contributed by atoms with E-state index in [0.717, 1.165) is 122 Å². The minimum absolute atomic E-state index is 0.0357. The second kappa shape index (κ2) is 76.8. The van der Waals surface area contributed by atoms with E-state index in [9.17, 15) is 19.0 Å². The summed E-state index contributed by atoms with van der Waals surface area (Å²) < 4.78 is 34.4. The van der Waals surface area contributed by atoms with Gasteiger partial charge < -0.3 is 27.9 Å². The van der Waals surface area contributed by atoms with Gasteiger partial charge in [-0.2, -0.15) is 0 Å². The van der Waals surface area contributed by atoms with Gasteiger partial charge in [-0.1, -0.05) is 358 Å². The Labute approximate surface area is 605 Å². The molecule has 0 aromatic rings. The molecule has 9 nitrogen and oxygen atoms in total. The molecule has 0 amide bonds. The predicted octanol–water partition coefficient (Wildman–Crippen LogP) is 26.4. The van der Waals surface area contributed by atoms with E-state index in [4.69, 9.17) is 18.5 Å². The highest BCUT2D eigenvalue weighted by molar-refractivity contribution is 7.45. The van der Waals surface area contributed by atoms with Crippen LogP contribution in [0, 0.1) is 0 Å². The largest absolute Gasteiger partial charge is 0.756 e. The van der Waals surface area contributed by atoms with Crippen molar-refractivity contribution in [1.29, 1.82) is 0 Å². The maximum Gasteiger partial charge on any atom is 0.306 e. The lowest BCUT2D eigenvalue weighted by Crippen LogP contribution is -2.37. The summed E-state index contributed by atoms with van der Waals surface area (Å²) in [5, 5.41) is 0. The van der Waals surface area contributed by atoms with Crippen molar-refractivity contribution in [3.63, 3.8) is 0 Å². The van der Waals surface area contributed by atoms with Crippen LogP contribution in [0.5, 0.6) is 0 Å². The Kier molecular flexibility index (Phi) is 73.4. The van der Waals surface area contributed by atoms with E-state index in [1.807, 2.05) is 21.1 Å². The smallest absolute Gasteiger partial charge is 0.306 e. The molecule has 98 heavy (non-hydrogen) atoms. The Morgan fingerprint density at radius 1 is 0.316 bits per heavy atom. The predicted molar refractivity (Wildman–Crippen MR) is 424 cm³/mol. The highest BCUT2D eigenvalue weighted by atomic mass is 31.2. The molecule has 0 aliphatic carbocycles. The van der Waals surface area contributed by atoms with Gasteiger partial charge >= 0.3 is 11.9 Å². The normalized spacial score (nSPS) is 13.9. The average molecular weight is 1380 g/mol. The Hall–Kier alpha value is -4.37. The van der Waals surface area contributed by atoms with Crippen LogP contribution in [0.3, 0.4) is 0 Å². The first-order valence-corrected chi connectivity index (χ1v) is 41.7. The lowest BCUT2D eigenvalue weighted by Gasteiger charge is -2.28. The third-order valence-electron chi connectivity index (χ3n) is 17.0. The first kappa shape index (κ1) is 93.6. The zero-order valence-electron chi connectivity index (χ0n) is 63.9. The number of quaternary nitrogens is 1. The van der Waals surface area contributed by atoms with E-state index < -0.39 is 26.5 Å². The lowest BCUT2D eigenvalue weighted by atomic mass is 10.0. The molecule has 0 radical (unpaired) electrons. The summed E-state index contributed by atoms with van der Waals surface area (Å²) in [6.07, 6.45) is 115. The van der Waals surface area contributed by atoms with Crippen LogP contribution in [0.2, 0.25) is 0 Å². The SMILES string of the molecule is CC/C=C\C/C=C\C/C=C\C/C=C\C/C=C\C/C=C\C/C=C\C/C=C\CCCCCCCCCCCCCCC(=O)OC(COC(=O)CCCCCCCCCCCCCCCCCCCCCCC/C=C\C/C=C\C/C=C\C/C=C\C/C=C\CC)COP(=O)([O-])OCC[N+](C)(C)C. The van der Waals surface area contributed by atoms with Crippen molar-refractivity contribution in [2.45, 2.75) is 341 Å². The molecule has 0 aliphatic heterocycles. The molecule has 0 N–H and O–H groups in total. The van der Waals surface area contributed by atoms with Crippen LogP contribution in [-0.2, 0) is 32.7 Å². The van der Waals surface area contributed by atoms with Gasteiger partial charge in [-0.3, -0.25) is 14.2 Å².